The molecule has 150 valence electrons. The Hall–Kier alpha value is -2.49. The molecule has 0 saturated carbocycles. The molecule has 0 bridgehead atoms. The van der Waals surface area contributed by atoms with Crippen LogP contribution in [-0.4, -0.2) is 26.2 Å². The predicted octanol–water partition coefficient (Wildman–Crippen LogP) is 4.65. The van der Waals surface area contributed by atoms with E-state index in [1.54, 1.807) is 14.2 Å². The zero-order chi connectivity index (χ0) is 19.9. The molecule has 4 nitrogen and oxygen atoms in total. The van der Waals surface area contributed by atoms with Gasteiger partial charge in [-0.3, -0.25) is 4.79 Å². The summed E-state index contributed by atoms with van der Waals surface area (Å²) in [6.07, 6.45) is 5.71. The SMILES string of the molecule is COc1ccc(CCC(C)NC(=O)CC2CCCc3cc(OC)ccc32)cc1. The molecule has 0 fully saturated rings. The largest absolute Gasteiger partial charge is 0.497 e. The second kappa shape index (κ2) is 9.63. The quantitative estimate of drug-likeness (QED) is 0.724. The fraction of sp³-hybridized carbons (Fsp3) is 0.458. The van der Waals surface area contributed by atoms with Gasteiger partial charge in [0.1, 0.15) is 11.5 Å². The summed E-state index contributed by atoms with van der Waals surface area (Å²) in [6.45, 7) is 2.08. The van der Waals surface area contributed by atoms with Gasteiger partial charge in [-0.25, -0.2) is 0 Å². The van der Waals surface area contributed by atoms with Crippen LogP contribution in [0.2, 0.25) is 0 Å². The molecule has 28 heavy (non-hydrogen) atoms. The lowest BCUT2D eigenvalue weighted by Gasteiger charge is -2.26. The van der Waals surface area contributed by atoms with Crippen LogP contribution in [0, 0.1) is 0 Å². The molecule has 0 saturated heterocycles. The maximum Gasteiger partial charge on any atom is 0.220 e. The molecule has 0 aromatic heterocycles. The van der Waals surface area contributed by atoms with Gasteiger partial charge in [0.25, 0.3) is 0 Å². The van der Waals surface area contributed by atoms with E-state index in [1.165, 1.54) is 16.7 Å². The van der Waals surface area contributed by atoms with Crippen molar-refractivity contribution >= 4 is 5.91 Å². The lowest BCUT2D eigenvalue weighted by Crippen LogP contribution is -2.34. The number of nitrogens with one attached hydrogen (secondary N) is 1. The molecule has 0 aliphatic heterocycles. The minimum atomic E-state index is 0.149. The van der Waals surface area contributed by atoms with Gasteiger partial charge in [-0.1, -0.05) is 18.2 Å². The average molecular weight is 382 g/mol. The Morgan fingerprint density at radius 3 is 2.54 bits per heavy atom. The van der Waals surface area contributed by atoms with Crippen LogP contribution in [0.5, 0.6) is 11.5 Å². The highest BCUT2D eigenvalue weighted by molar-refractivity contribution is 5.77. The van der Waals surface area contributed by atoms with Crippen LogP contribution < -0.4 is 14.8 Å². The highest BCUT2D eigenvalue weighted by Crippen LogP contribution is 2.35. The monoisotopic (exact) mass is 381 g/mol. The lowest BCUT2D eigenvalue weighted by molar-refractivity contribution is -0.122. The number of aryl methyl sites for hydroxylation is 2. The molecule has 4 heteroatoms. The fourth-order valence-electron chi connectivity index (χ4n) is 4.04. The van der Waals surface area contributed by atoms with E-state index in [0.717, 1.165) is 43.6 Å². The van der Waals surface area contributed by atoms with E-state index in [9.17, 15) is 4.79 Å². The first-order valence-electron chi connectivity index (χ1n) is 10.2. The zero-order valence-corrected chi connectivity index (χ0v) is 17.2. The average Bonchev–Trinajstić information content (AvgIpc) is 2.72. The van der Waals surface area contributed by atoms with Crippen molar-refractivity contribution in [2.24, 2.45) is 0 Å². The van der Waals surface area contributed by atoms with E-state index >= 15 is 0 Å². The summed E-state index contributed by atoms with van der Waals surface area (Å²) >= 11 is 0. The highest BCUT2D eigenvalue weighted by Gasteiger charge is 2.23. The Bertz CT molecular complexity index is 785. The van der Waals surface area contributed by atoms with Crippen LogP contribution >= 0.6 is 0 Å². The molecule has 2 aromatic carbocycles. The van der Waals surface area contributed by atoms with Gasteiger partial charge in [-0.05, 0) is 85.9 Å². The van der Waals surface area contributed by atoms with Gasteiger partial charge < -0.3 is 14.8 Å². The molecule has 1 aliphatic rings. The van der Waals surface area contributed by atoms with E-state index in [1.807, 2.05) is 18.2 Å². The maximum atomic E-state index is 12.6. The maximum absolute atomic E-state index is 12.6. The normalized spacial score (nSPS) is 16.8. The van der Waals surface area contributed by atoms with Crippen LogP contribution in [0.25, 0.3) is 0 Å². The van der Waals surface area contributed by atoms with Gasteiger partial charge in [0.05, 0.1) is 14.2 Å². The van der Waals surface area contributed by atoms with E-state index < -0.39 is 0 Å². The summed E-state index contributed by atoms with van der Waals surface area (Å²) in [4.78, 5) is 12.6. The van der Waals surface area contributed by atoms with Crippen LogP contribution in [0.4, 0.5) is 0 Å². The van der Waals surface area contributed by atoms with E-state index in [-0.39, 0.29) is 11.9 Å². The van der Waals surface area contributed by atoms with Crippen molar-refractivity contribution in [1.82, 2.24) is 5.32 Å². The Morgan fingerprint density at radius 1 is 1.11 bits per heavy atom. The number of ether oxygens (including phenoxy) is 2. The smallest absolute Gasteiger partial charge is 0.220 e. The molecule has 2 unspecified atom stereocenters. The number of benzene rings is 2. The molecule has 0 radical (unpaired) electrons. The van der Waals surface area contributed by atoms with Gasteiger partial charge in [-0.15, -0.1) is 0 Å². The number of amides is 1. The van der Waals surface area contributed by atoms with Gasteiger partial charge in [0.15, 0.2) is 0 Å². The van der Waals surface area contributed by atoms with Crippen LogP contribution in [0.3, 0.4) is 0 Å². The van der Waals surface area contributed by atoms with Gasteiger partial charge in [-0.2, -0.15) is 0 Å². The van der Waals surface area contributed by atoms with E-state index in [4.69, 9.17) is 9.47 Å². The molecule has 2 aromatic rings. The summed E-state index contributed by atoms with van der Waals surface area (Å²) in [5, 5.41) is 3.19. The van der Waals surface area contributed by atoms with Crippen molar-refractivity contribution in [3.63, 3.8) is 0 Å². The molecule has 1 N–H and O–H groups in total. The minimum Gasteiger partial charge on any atom is -0.497 e. The molecule has 1 amide bonds. The number of rotatable bonds is 8. The molecule has 0 heterocycles. The number of hydrogen-bond donors (Lipinski definition) is 1. The molecule has 3 rings (SSSR count). The van der Waals surface area contributed by atoms with Crippen LogP contribution in [0.15, 0.2) is 42.5 Å². The number of carbonyl (C=O) groups excluding carboxylic acids is 1. The Balaban J connectivity index is 1.50. The third-order valence-corrected chi connectivity index (χ3v) is 5.65. The van der Waals surface area contributed by atoms with Gasteiger partial charge in [0.2, 0.25) is 5.91 Å². The van der Waals surface area contributed by atoms with Crippen molar-refractivity contribution in [1.29, 1.82) is 0 Å². The first-order chi connectivity index (χ1) is 13.6. The van der Waals surface area contributed by atoms with Crippen molar-refractivity contribution in [3.05, 3.63) is 59.2 Å². The summed E-state index contributed by atoms with van der Waals surface area (Å²) in [5.41, 5.74) is 3.90. The lowest BCUT2D eigenvalue weighted by atomic mass is 9.81. The molecule has 0 spiro atoms. The van der Waals surface area contributed by atoms with Crippen molar-refractivity contribution < 1.29 is 14.3 Å². The number of fused-ring (bicyclic) bond motifs is 1. The molecular formula is C24H31NO3. The number of methoxy groups -OCH3 is 2. The molecular weight excluding hydrogens is 350 g/mol. The third-order valence-electron chi connectivity index (χ3n) is 5.65. The van der Waals surface area contributed by atoms with Crippen LogP contribution in [0.1, 0.15) is 55.2 Å². The zero-order valence-electron chi connectivity index (χ0n) is 17.2. The van der Waals surface area contributed by atoms with E-state index in [2.05, 4.69) is 36.5 Å². The second-order valence-corrected chi connectivity index (χ2v) is 7.71. The highest BCUT2D eigenvalue weighted by atomic mass is 16.5. The summed E-state index contributed by atoms with van der Waals surface area (Å²) in [6, 6.07) is 14.6. The second-order valence-electron chi connectivity index (χ2n) is 7.71. The first kappa shape index (κ1) is 20.2. The molecule has 2 atom stereocenters. The Labute approximate surface area is 168 Å². The summed E-state index contributed by atoms with van der Waals surface area (Å²) in [5.74, 6) is 2.23. The number of carbonyl (C=O) groups is 1. The van der Waals surface area contributed by atoms with Crippen molar-refractivity contribution in [3.8, 4) is 11.5 Å². The topological polar surface area (TPSA) is 47.6 Å². The van der Waals surface area contributed by atoms with Gasteiger partial charge >= 0.3 is 0 Å². The standard InChI is InChI=1S/C24H31NO3/c1-17(7-8-18-9-11-21(27-2)12-10-18)25-24(26)16-20-6-4-5-19-15-22(28-3)13-14-23(19)20/h9-15,17,20H,4-8,16H2,1-3H3,(H,25,26). The minimum absolute atomic E-state index is 0.149. The predicted molar refractivity (Wildman–Crippen MR) is 112 cm³/mol. The third kappa shape index (κ3) is 5.28. The Morgan fingerprint density at radius 2 is 1.82 bits per heavy atom. The van der Waals surface area contributed by atoms with Gasteiger partial charge in [0, 0.05) is 12.5 Å². The first-order valence-corrected chi connectivity index (χ1v) is 10.2. The summed E-state index contributed by atoms with van der Waals surface area (Å²) in [7, 11) is 3.37. The van der Waals surface area contributed by atoms with Crippen molar-refractivity contribution in [2.45, 2.75) is 57.4 Å². The Kier molecular flexibility index (Phi) is 6.96. The van der Waals surface area contributed by atoms with Crippen molar-refractivity contribution in [2.75, 3.05) is 14.2 Å². The summed E-state index contributed by atoms with van der Waals surface area (Å²) < 4.78 is 10.5. The van der Waals surface area contributed by atoms with E-state index in [0.29, 0.717) is 12.3 Å². The number of hydrogen-bond acceptors (Lipinski definition) is 3. The van der Waals surface area contributed by atoms with Crippen LogP contribution in [-0.2, 0) is 17.6 Å². The molecule has 1 aliphatic carbocycles. The fourth-order valence-corrected chi connectivity index (χ4v) is 4.04.